The van der Waals surface area contributed by atoms with Crippen LogP contribution in [-0.2, 0) is 16.1 Å². The monoisotopic (exact) mass is 386 g/mol. The third-order valence-corrected chi connectivity index (χ3v) is 4.02. The second-order valence-corrected chi connectivity index (χ2v) is 5.91. The van der Waals surface area contributed by atoms with Crippen molar-refractivity contribution in [3.8, 4) is 5.69 Å². The molecule has 1 aromatic carbocycles. The van der Waals surface area contributed by atoms with E-state index in [0.29, 0.717) is 19.6 Å². The third kappa shape index (κ3) is 3.88. The summed E-state index contributed by atoms with van der Waals surface area (Å²) in [6.07, 6.45) is 3.18. The molecule has 2 aromatic heterocycles. The minimum Gasteiger partial charge on any atom is -0.385 e. The summed E-state index contributed by atoms with van der Waals surface area (Å²) in [6.45, 7) is 0.774. The molecule has 2 heterocycles. The maximum atomic E-state index is 12.6. The van der Waals surface area contributed by atoms with Gasteiger partial charge in [-0.15, -0.1) is 0 Å². The molecule has 0 radical (unpaired) electrons. The predicted molar refractivity (Wildman–Crippen MR) is 99.3 cm³/mol. The lowest BCUT2D eigenvalue weighted by atomic mass is 10.2. The van der Waals surface area contributed by atoms with E-state index in [9.17, 15) is 19.7 Å². The molecule has 0 fully saturated rings. The van der Waals surface area contributed by atoms with Gasteiger partial charge in [-0.05, 0) is 12.5 Å². The normalized spacial score (nSPS) is 10.9. The Morgan fingerprint density at radius 2 is 2.14 bits per heavy atom. The number of nitro benzene ring substituents is 1. The molecule has 11 nitrogen and oxygen atoms in total. The Bertz CT molecular complexity index is 1070. The van der Waals surface area contributed by atoms with E-state index in [1.54, 1.807) is 19.2 Å². The summed E-state index contributed by atoms with van der Waals surface area (Å²) in [5, 5.41) is 18.2. The Hall–Kier alpha value is -3.60. The average molecular weight is 386 g/mol. The van der Waals surface area contributed by atoms with Gasteiger partial charge in [-0.1, -0.05) is 12.1 Å². The lowest BCUT2D eigenvalue weighted by molar-refractivity contribution is -0.384. The molecule has 1 N–H and O–H groups in total. The van der Waals surface area contributed by atoms with Gasteiger partial charge in [0.1, 0.15) is 23.9 Å². The van der Waals surface area contributed by atoms with Crippen LogP contribution < -0.4 is 10.9 Å². The second kappa shape index (κ2) is 8.39. The van der Waals surface area contributed by atoms with E-state index in [1.807, 2.05) is 0 Å². The van der Waals surface area contributed by atoms with E-state index in [-0.39, 0.29) is 34.9 Å². The van der Waals surface area contributed by atoms with Crippen molar-refractivity contribution in [2.45, 2.75) is 13.0 Å². The fourth-order valence-corrected chi connectivity index (χ4v) is 2.69. The van der Waals surface area contributed by atoms with Gasteiger partial charge in [0.15, 0.2) is 5.65 Å². The molecule has 1 amide bonds. The number of fused-ring (bicyclic) bond motifs is 1. The molecule has 0 aliphatic rings. The summed E-state index contributed by atoms with van der Waals surface area (Å²) in [7, 11) is 1.58. The van der Waals surface area contributed by atoms with E-state index in [4.69, 9.17) is 4.74 Å². The predicted octanol–water partition coefficient (Wildman–Crippen LogP) is 0.643. The average Bonchev–Trinajstić information content (AvgIpc) is 3.12. The van der Waals surface area contributed by atoms with Crippen LogP contribution in [0.3, 0.4) is 0 Å². The van der Waals surface area contributed by atoms with Gasteiger partial charge in [0, 0.05) is 26.3 Å². The highest BCUT2D eigenvalue weighted by Crippen LogP contribution is 2.23. The first-order chi connectivity index (χ1) is 13.5. The van der Waals surface area contributed by atoms with Crippen molar-refractivity contribution < 1.29 is 14.5 Å². The van der Waals surface area contributed by atoms with Crippen LogP contribution in [0.15, 0.2) is 41.6 Å². The Morgan fingerprint density at radius 3 is 2.89 bits per heavy atom. The Balaban J connectivity index is 1.88. The lowest BCUT2D eigenvalue weighted by Gasteiger charge is -2.07. The lowest BCUT2D eigenvalue weighted by Crippen LogP contribution is -2.33. The van der Waals surface area contributed by atoms with Gasteiger partial charge in [-0.25, -0.2) is 9.67 Å². The highest BCUT2D eigenvalue weighted by Gasteiger charge is 2.19. The second-order valence-electron chi connectivity index (χ2n) is 5.91. The molecule has 146 valence electrons. The summed E-state index contributed by atoms with van der Waals surface area (Å²) in [5.74, 6) is -0.328. The van der Waals surface area contributed by atoms with E-state index in [2.05, 4.69) is 15.4 Å². The number of carbonyl (C=O) groups is 1. The summed E-state index contributed by atoms with van der Waals surface area (Å²) in [6, 6.07) is 6.03. The van der Waals surface area contributed by atoms with Crippen molar-refractivity contribution in [2.24, 2.45) is 0 Å². The van der Waals surface area contributed by atoms with Crippen molar-refractivity contribution in [1.82, 2.24) is 24.6 Å². The number of ether oxygens (including phenoxy) is 1. The molecule has 0 saturated carbocycles. The molecule has 0 aliphatic carbocycles. The number of rotatable bonds is 8. The molecule has 28 heavy (non-hydrogen) atoms. The van der Waals surface area contributed by atoms with Crippen molar-refractivity contribution in [2.75, 3.05) is 20.3 Å². The fourth-order valence-electron chi connectivity index (χ4n) is 2.69. The highest BCUT2D eigenvalue weighted by atomic mass is 16.6. The number of benzene rings is 1. The van der Waals surface area contributed by atoms with Crippen LogP contribution >= 0.6 is 0 Å². The van der Waals surface area contributed by atoms with Gasteiger partial charge < -0.3 is 10.1 Å². The number of nitrogens with one attached hydrogen (secondary N) is 1. The van der Waals surface area contributed by atoms with Crippen LogP contribution in [-0.4, -0.2) is 50.4 Å². The van der Waals surface area contributed by atoms with Crippen molar-refractivity contribution in [3.05, 3.63) is 57.3 Å². The van der Waals surface area contributed by atoms with Gasteiger partial charge in [0.05, 0.1) is 11.1 Å². The number of aromatic nitrogens is 4. The minimum atomic E-state index is -0.530. The zero-order valence-corrected chi connectivity index (χ0v) is 15.1. The molecule has 0 aliphatic heterocycles. The number of carbonyl (C=O) groups excluding carboxylic acids is 1. The number of hydrogen-bond acceptors (Lipinski definition) is 7. The van der Waals surface area contributed by atoms with Crippen LogP contribution in [0.4, 0.5) is 5.69 Å². The van der Waals surface area contributed by atoms with Crippen LogP contribution in [0.1, 0.15) is 6.42 Å². The van der Waals surface area contributed by atoms with Crippen LogP contribution in [0, 0.1) is 10.1 Å². The van der Waals surface area contributed by atoms with Gasteiger partial charge >= 0.3 is 0 Å². The zero-order chi connectivity index (χ0) is 20.1. The number of hydrogen-bond donors (Lipinski definition) is 1. The third-order valence-electron chi connectivity index (χ3n) is 4.02. The zero-order valence-electron chi connectivity index (χ0n) is 15.1. The topological polar surface area (TPSA) is 134 Å². The summed E-state index contributed by atoms with van der Waals surface area (Å²) < 4.78 is 7.31. The van der Waals surface area contributed by atoms with E-state index < -0.39 is 10.5 Å². The summed E-state index contributed by atoms with van der Waals surface area (Å²) >= 11 is 0. The minimum absolute atomic E-state index is 0.158. The maximum Gasteiger partial charge on any atom is 0.294 e. The summed E-state index contributed by atoms with van der Waals surface area (Å²) in [4.78, 5) is 39.5. The summed E-state index contributed by atoms with van der Waals surface area (Å²) in [5.41, 5.74) is -0.241. The fraction of sp³-hybridized carbons (Fsp3) is 0.294. The quantitative estimate of drug-likeness (QED) is 0.341. The standard InChI is InChI=1S/C17H18N6O5/c1-28-8-4-7-18-15(24)10-21-11-19-16-12(17(21)25)9-20-22(16)13-5-2-3-6-14(13)23(26)27/h2-3,5-6,9,11H,4,7-8,10H2,1H3,(H,18,24). The van der Waals surface area contributed by atoms with Crippen LogP contribution in [0.25, 0.3) is 16.7 Å². The van der Waals surface area contributed by atoms with Crippen LogP contribution in [0.5, 0.6) is 0 Å². The molecule has 0 spiro atoms. The Morgan fingerprint density at radius 1 is 1.36 bits per heavy atom. The molecule has 11 heteroatoms. The molecule has 3 aromatic rings. The molecular formula is C17H18N6O5. The smallest absolute Gasteiger partial charge is 0.294 e. The highest BCUT2D eigenvalue weighted by molar-refractivity contribution is 5.78. The first kappa shape index (κ1) is 19.2. The number of methoxy groups -OCH3 is 1. The molecule has 0 saturated heterocycles. The van der Waals surface area contributed by atoms with Gasteiger partial charge in [-0.3, -0.25) is 24.3 Å². The maximum absolute atomic E-state index is 12.6. The molecule has 0 atom stereocenters. The Labute approximate surface area is 158 Å². The van der Waals surface area contributed by atoms with E-state index in [0.717, 1.165) is 0 Å². The van der Waals surface area contributed by atoms with Crippen molar-refractivity contribution >= 4 is 22.6 Å². The molecule has 0 bridgehead atoms. The van der Waals surface area contributed by atoms with Gasteiger partial charge in [-0.2, -0.15) is 5.10 Å². The molecular weight excluding hydrogens is 368 g/mol. The van der Waals surface area contributed by atoms with Crippen LogP contribution in [0.2, 0.25) is 0 Å². The number of nitrogens with zero attached hydrogens (tertiary/aromatic N) is 5. The van der Waals surface area contributed by atoms with E-state index in [1.165, 1.54) is 33.9 Å². The molecule has 0 unspecified atom stereocenters. The molecule has 3 rings (SSSR count). The largest absolute Gasteiger partial charge is 0.385 e. The van der Waals surface area contributed by atoms with E-state index >= 15 is 0 Å². The Kier molecular flexibility index (Phi) is 5.75. The number of amides is 1. The first-order valence-electron chi connectivity index (χ1n) is 8.45. The number of para-hydroxylation sites is 2. The number of nitro groups is 1. The van der Waals surface area contributed by atoms with Crippen molar-refractivity contribution in [3.63, 3.8) is 0 Å². The first-order valence-corrected chi connectivity index (χ1v) is 8.45. The van der Waals surface area contributed by atoms with Gasteiger partial charge in [0.25, 0.3) is 11.2 Å². The van der Waals surface area contributed by atoms with Crippen molar-refractivity contribution in [1.29, 1.82) is 0 Å². The SMILES string of the molecule is COCCCNC(=O)Cn1cnc2c(cnn2-c2ccccc2[N+](=O)[O-])c1=O. The van der Waals surface area contributed by atoms with Gasteiger partial charge in [0.2, 0.25) is 5.91 Å².